The van der Waals surface area contributed by atoms with Gasteiger partial charge in [0.2, 0.25) is 5.89 Å². The van der Waals surface area contributed by atoms with Crippen molar-refractivity contribution < 1.29 is 4.42 Å². The van der Waals surface area contributed by atoms with Gasteiger partial charge in [0.1, 0.15) is 12.3 Å². The van der Waals surface area contributed by atoms with Crippen molar-refractivity contribution in [3.63, 3.8) is 0 Å². The fraction of sp³-hybridized carbons (Fsp3) is 0.529. The number of hydrogen-bond donors (Lipinski definition) is 2. The summed E-state index contributed by atoms with van der Waals surface area (Å²) in [5.74, 6) is 2.29. The van der Waals surface area contributed by atoms with Crippen LogP contribution in [0, 0.1) is 0 Å². The molecule has 2 N–H and O–H groups in total. The van der Waals surface area contributed by atoms with Crippen LogP contribution in [-0.2, 0) is 18.5 Å². The minimum absolute atomic E-state index is 0. The van der Waals surface area contributed by atoms with E-state index in [2.05, 4.69) is 45.9 Å². The fourth-order valence-electron chi connectivity index (χ4n) is 2.04. The first-order valence-electron chi connectivity index (χ1n) is 8.07. The quantitative estimate of drug-likeness (QED) is 0.407. The number of nitrogens with one attached hydrogen (secondary N) is 2. The number of rotatable bonds is 6. The predicted octanol–water partition coefficient (Wildman–Crippen LogP) is 3.15. The van der Waals surface area contributed by atoms with Crippen molar-refractivity contribution in [1.29, 1.82) is 0 Å². The zero-order chi connectivity index (χ0) is 16.7. The van der Waals surface area contributed by atoms with Crippen LogP contribution >= 0.6 is 24.0 Å². The highest BCUT2D eigenvalue weighted by Crippen LogP contribution is 2.22. The largest absolute Gasteiger partial charge is 0.443 e. The molecular formula is C17H28IN5O. The van der Waals surface area contributed by atoms with Crippen molar-refractivity contribution in [1.82, 2.24) is 20.2 Å². The average molecular weight is 445 g/mol. The van der Waals surface area contributed by atoms with E-state index < -0.39 is 0 Å². The number of oxazole rings is 1. The summed E-state index contributed by atoms with van der Waals surface area (Å²) >= 11 is 0. The molecule has 0 aliphatic carbocycles. The molecule has 0 radical (unpaired) electrons. The van der Waals surface area contributed by atoms with Crippen LogP contribution in [0.3, 0.4) is 0 Å². The maximum atomic E-state index is 5.76. The molecule has 2 rings (SSSR count). The Morgan fingerprint density at radius 1 is 1.25 bits per heavy atom. The topological polar surface area (TPSA) is 67.4 Å². The smallest absolute Gasteiger partial charge is 0.216 e. The third-order valence-electron chi connectivity index (χ3n) is 3.34. The summed E-state index contributed by atoms with van der Waals surface area (Å²) in [6, 6.07) is 4.04. The average Bonchev–Trinajstić information content (AvgIpc) is 3.15. The molecule has 2 aromatic rings. The van der Waals surface area contributed by atoms with Crippen molar-refractivity contribution in [2.75, 3.05) is 13.1 Å². The lowest BCUT2D eigenvalue weighted by Crippen LogP contribution is -2.38. The minimum atomic E-state index is -0.0333. The number of aromatic nitrogens is 2. The van der Waals surface area contributed by atoms with Gasteiger partial charge in [0.15, 0.2) is 5.96 Å². The van der Waals surface area contributed by atoms with Gasteiger partial charge in [-0.25, -0.2) is 9.98 Å². The van der Waals surface area contributed by atoms with Gasteiger partial charge in [0, 0.05) is 37.4 Å². The molecule has 0 spiro atoms. The highest BCUT2D eigenvalue weighted by Gasteiger charge is 2.18. The summed E-state index contributed by atoms with van der Waals surface area (Å²) in [4.78, 5) is 8.83. The number of halogens is 1. The van der Waals surface area contributed by atoms with Crippen LogP contribution in [-0.4, -0.2) is 28.6 Å². The zero-order valence-corrected chi connectivity index (χ0v) is 17.2. The predicted molar refractivity (Wildman–Crippen MR) is 108 cm³/mol. The molecule has 0 aliphatic heterocycles. The summed E-state index contributed by atoms with van der Waals surface area (Å²) in [6.45, 7) is 11.3. The highest BCUT2D eigenvalue weighted by atomic mass is 127. The van der Waals surface area contributed by atoms with Crippen molar-refractivity contribution >= 4 is 29.9 Å². The monoisotopic (exact) mass is 445 g/mol. The van der Waals surface area contributed by atoms with E-state index in [1.165, 1.54) is 0 Å². The molecule has 2 heterocycles. The van der Waals surface area contributed by atoms with Crippen LogP contribution in [0.4, 0.5) is 0 Å². The number of hydrogen-bond acceptors (Lipinski definition) is 3. The van der Waals surface area contributed by atoms with Crippen LogP contribution in [0.5, 0.6) is 0 Å². The third-order valence-corrected chi connectivity index (χ3v) is 3.34. The Kier molecular flexibility index (Phi) is 8.30. The molecule has 0 aromatic carbocycles. The molecule has 0 atom stereocenters. The molecule has 7 heteroatoms. The van der Waals surface area contributed by atoms with Crippen LogP contribution in [0.15, 0.2) is 40.1 Å². The van der Waals surface area contributed by atoms with Crippen LogP contribution in [0.2, 0.25) is 0 Å². The second-order valence-corrected chi connectivity index (χ2v) is 6.41. The van der Waals surface area contributed by atoms with Crippen molar-refractivity contribution in [3.05, 3.63) is 42.4 Å². The van der Waals surface area contributed by atoms with Gasteiger partial charge < -0.3 is 19.6 Å². The summed E-state index contributed by atoms with van der Waals surface area (Å²) in [5, 5.41) is 6.55. The summed E-state index contributed by atoms with van der Waals surface area (Å²) in [5.41, 5.74) is -0.0333. The molecule has 0 saturated carbocycles. The highest BCUT2D eigenvalue weighted by molar-refractivity contribution is 14.0. The van der Waals surface area contributed by atoms with Crippen molar-refractivity contribution in [2.45, 2.75) is 46.2 Å². The second kappa shape index (κ2) is 9.71. The molecule has 0 aliphatic rings. The summed E-state index contributed by atoms with van der Waals surface area (Å²) in [6.07, 6.45) is 5.89. The zero-order valence-electron chi connectivity index (χ0n) is 14.9. The molecule has 0 fully saturated rings. The van der Waals surface area contributed by atoms with E-state index in [9.17, 15) is 0 Å². The van der Waals surface area contributed by atoms with E-state index in [4.69, 9.17) is 4.42 Å². The number of aliphatic imine (C=N–C) groups is 1. The molecule has 2 aromatic heterocycles. The maximum absolute atomic E-state index is 5.76. The Morgan fingerprint density at radius 2 is 1.96 bits per heavy atom. The molecule has 0 bridgehead atoms. The lowest BCUT2D eigenvalue weighted by atomic mass is 9.94. The van der Waals surface area contributed by atoms with E-state index in [0.29, 0.717) is 12.4 Å². The molecule has 24 heavy (non-hydrogen) atoms. The van der Waals surface area contributed by atoms with Crippen LogP contribution in [0.25, 0.3) is 0 Å². The molecule has 6 nitrogen and oxygen atoms in total. The Labute approximate surface area is 161 Å². The lowest BCUT2D eigenvalue weighted by molar-refractivity contribution is 0.383. The van der Waals surface area contributed by atoms with Crippen LogP contribution in [0.1, 0.15) is 39.3 Å². The van der Waals surface area contributed by atoms with Gasteiger partial charge in [-0.05, 0) is 19.1 Å². The standard InChI is InChI=1S/C17H27N5O.HI/c1-5-18-16(19-8-11-22-9-6-7-10-22)21-13-15-20-12-14(23-15)17(2,3)4;/h6-7,9-10,12H,5,8,11,13H2,1-4H3,(H2,18,19,21);1H. The fourth-order valence-corrected chi connectivity index (χ4v) is 2.04. The number of nitrogens with zero attached hydrogens (tertiary/aromatic N) is 3. The van der Waals surface area contributed by atoms with E-state index in [1.807, 2.05) is 31.5 Å². The molecular weight excluding hydrogens is 417 g/mol. The van der Waals surface area contributed by atoms with Gasteiger partial charge in [-0.2, -0.15) is 0 Å². The van der Waals surface area contributed by atoms with Gasteiger partial charge in [0.25, 0.3) is 0 Å². The van der Waals surface area contributed by atoms with Gasteiger partial charge in [-0.3, -0.25) is 0 Å². The van der Waals surface area contributed by atoms with Crippen LogP contribution < -0.4 is 10.6 Å². The Hall–Kier alpha value is -1.51. The second-order valence-electron chi connectivity index (χ2n) is 6.41. The summed E-state index contributed by atoms with van der Waals surface area (Å²) in [7, 11) is 0. The van der Waals surface area contributed by atoms with Gasteiger partial charge >= 0.3 is 0 Å². The van der Waals surface area contributed by atoms with Crippen molar-refractivity contribution in [3.8, 4) is 0 Å². The van der Waals surface area contributed by atoms with E-state index in [1.54, 1.807) is 6.20 Å². The Balaban J connectivity index is 0.00000288. The van der Waals surface area contributed by atoms with E-state index >= 15 is 0 Å². The molecule has 0 amide bonds. The minimum Gasteiger partial charge on any atom is -0.443 e. The first-order valence-corrected chi connectivity index (χ1v) is 8.07. The van der Waals surface area contributed by atoms with Gasteiger partial charge in [0.05, 0.1) is 6.20 Å². The van der Waals surface area contributed by atoms with Gasteiger partial charge in [-0.15, -0.1) is 24.0 Å². The SMILES string of the molecule is CCNC(=NCc1ncc(C(C)(C)C)o1)NCCn1cccc1.I. The molecule has 0 saturated heterocycles. The van der Waals surface area contributed by atoms with E-state index in [0.717, 1.165) is 31.4 Å². The summed E-state index contributed by atoms with van der Waals surface area (Å²) < 4.78 is 7.89. The third kappa shape index (κ3) is 6.54. The first-order chi connectivity index (χ1) is 11.0. The van der Waals surface area contributed by atoms with Crippen molar-refractivity contribution in [2.24, 2.45) is 4.99 Å². The normalized spacial score (nSPS) is 11.9. The first kappa shape index (κ1) is 20.5. The molecule has 0 unspecified atom stereocenters. The van der Waals surface area contributed by atoms with Gasteiger partial charge in [-0.1, -0.05) is 20.8 Å². The maximum Gasteiger partial charge on any atom is 0.216 e. The number of guanidine groups is 1. The van der Waals surface area contributed by atoms with E-state index in [-0.39, 0.29) is 29.4 Å². The lowest BCUT2D eigenvalue weighted by Gasteiger charge is -2.13. The Morgan fingerprint density at radius 3 is 2.54 bits per heavy atom. The Bertz CT molecular complexity index is 613. The molecule has 134 valence electrons.